The fourth-order valence-electron chi connectivity index (χ4n) is 5.35. The minimum absolute atomic E-state index is 0.0359. The Balaban J connectivity index is 1.48. The molecule has 0 unspecified atom stereocenters. The highest BCUT2D eigenvalue weighted by atomic mass is 32.2. The summed E-state index contributed by atoms with van der Waals surface area (Å²) in [6.45, 7) is 4.28. The molecule has 20 heteroatoms. The minimum Gasteiger partial charge on any atom is -0.490 e. The number of likely N-dealkylation sites (N-methyl/N-ethyl adjacent to an activating group) is 1. The molecule has 4 aromatic carbocycles. The number of ether oxygens (including phenoxy) is 2. The van der Waals surface area contributed by atoms with Crippen LogP contribution >= 0.6 is 0 Å². The number of carbonyl (C=O) groups is 2. The highest BCUT2D eigenvalue weighted by molar-refractivity contribution is 7.92. The van der Waals surface area contributed by atoms with Gasteiger partial charge in [-0.1, -0.05) is 12.1 Å². The Hall–Kier alpha value is -6.36. The maximum Gasteiger partial charge on any atom is 0.417 e. The molecule has 0 saturated heterocycles. The van der Waals surface area contributed by atoms with Crippen molar-refractivity contribution in [2.45, 2.75) is 37.4 Å². The van der Waals surface area contributed by atoms with Gasteiger partial charge in [-0.05, 0) is 74.4 Å². The third-order valence-electron chi connectivity index (χ3n) is 8.08. The Bertz CT molecular complexity index is 2540. The number of sulfonamides is 1. The molecule has 2 N–H and O–H groups in total. The van der Waals surface area contributed by atoms with E-state index < -0.39 is 91.1 Å². The summed E-state index contributed by atoms with van der Waals surface area (Å²) in [5.74, 6) is -10.7. The van der Waals surface area contributed by atoms with Gasteiger partial charge in [0.1, 0.15) is 29.6 Å². The molecular weight excluding hydrogens is 789 g/mol. The Morgan fingerprint density at radius 3 is 2.25 bits per heavy atom. The predicted octanol–water partition coefficient (Wildman–Crippen LogP) is 7.99. The fraction of sp³-hybridized carbons (Fsp3) is 0.243. The van der Waals surface area contributed by atoms with Crippen LogP contribution in [-0.4, -0.2) is 60.7 Å². The lowest BCUT2D eigenvalue weighted by Crippen LogP contribution is -2.36. The summed E-state index contributed by atoms with van der Waals surface area (Å²) in [6, 6.07) is 11.5. The van der Waals surface area contributed by atoms with E-state index in [2.05, 4.69) is 10.3 Å². The number of nitrogens with one attached hydrogen (secondary N) is 2. The van der Waals surface area contributed by atoms with Crippen molar-refractivity contribution in [2.24, 2.45) is 7.05 Å². The van der Waals surface area contributed by atoms with Crippen LogP contribution in [0.3, 0.4) is 0 Å². The van der Waals surface area contributed by atoms with Crippen LogP contribution in [0.2, 0.25) is 0 Å². The van der Waals surface area contributed by atoms with E-state index in [1.165, 1.54) is 48.3 Å². The Labute approximate surface area is 320 Å². The SMILES string of the molecule is CN(CCOc1cc(C(=O)Nc2cccc(-c3cc4ncn(C)c4cc3C(F)(F)F)c2)ccc1NS(=O)(=O)c1c(F)c(F)c(C#N)c(F)c1F)C(=O)OC(C)(C)C. The molecule has 1 heterocycles. The molecule has 2 amide bonds. The molecule has 12 nitrogen and oxygen atoms in total. The number of nitrogens with zero attached hydrogens (tertiary/aromatic N) is 4. The van der Waals surface area contributed by atoms with E-state index in [9.17, 15) is 48.7 Å². The number of alkyl halides is 3. The fourth-order valence-corrected chi connectivity index (χ4v) is 6.56. The summed E-state index contributed by atoms with van der Waals surface area (Å²) in [4.78, 5) is 29.1. The lowest BCUT2D eigenvalue weighted by Gasteiger charge is -2.24. The van der Waals surface area contributed by atoms with Crippen LogP contribution in [0, 0.1) is 34.6 Å². The second kappa shape index (κ2) is 15.6. The van der Waals surface area contributed by atoms with E-state index in [0.717, 1.165) is 35.2 Å². The number of carbonyl (C=O) groups excluding carboxylic acids is 2. The summed E-state index contributed by atoms with van der Waals surface area (Å²) in [7, 11) is -2.63. The van der Waals surface area contributed by atoms with Crippen molar-refractivity contribution in [1.82, 2.24) is 14.5 Å². The van der Waals surface area contributed by atoms with Gasteiger partial charge in [0.25, 0.3) is 15.9 Å². The number of aromatic nitrogens is 2. The van der Waals surface area contributed by atoms with E-state index in [-0.39, 0.29) is 40.0 Å². The van der Waals surface area contributed by atoms with Crippen molar-refractivity contribution in [3.8, 4) is 22.9 Å². The number of imidazole rings is 1. The first-order valence-corrected chi connectivity index (χ1v) is 17.9. The molecule has 0 saturated carbocycles. The molecule has 1 aromatic heterocycles. The normalized spacial score (nSPS) is 11.9. The number of halogens is 7. The molecule has 0 fully saturated rings. The van der Waals surface area contributed by atoms with Crippen molar-refractivity contribution in [3.63, 3.8) is 0 Å². The summed E-state index contributed by atoms with van der Waals surface area (Å²) in [5, 5.41) is 11.4. The van der Waals surface area contributed by atoms with Gasteiger partial charge in [0.15, 0.2) is 28.2 Å². The summed E-state index contributed by atoms with van der Waals surface area (Å²) in [5.41, 5.74) is -3.93. The zero-order valence-electron chi connectivity index (χ0n) is 30.5. The van der Waals surface area contributed by atoms with Crippen LogP contribution in [0.15, 0.2) is 65.8 Å². The van der Waals surface area contributed by atoms with Crippen LogP contribution in [0.1, 0.15) is 42.3 Å². The first kappa shape index (κ1) is 41.8. The van der Waals surface area contributed by atoms with Gasteiger partial charge in [0, 0.05) is 25.3 Å². The number of benzene rings is 4. The van der Waals surface area contributed by atoms with Gasteiger partial charge in [-0.3, -0.25) is 9.52 Å². The molecule has 0 aliphatic carbocycles. The molecule has 0 radical (unpaired) electrons. The molecule has 5 aromatic rings. The average Bonchev–Trinajstić information content (AvgIpc) is 3.49. The summed E-state index contributed by atoms with van der Waals surface area (Å²) < 4.78 is 141. The van der Waals surface area contributed by atoms with Crippen molar-refractivity contribution in [2.75, 3.05) is 30.2 Å². The Kier molecular flexibility index (Phi) is 11.5. The molecule has 0 aliphatic heterocycles. The van der Waals surface area contributed by atoms with Gasteiger partial charge in [0.2, 0.25) is 0 Å². The van der Waals surface area contributed by atoms with Crippen LogP contribution in [-0.2, 0) is 28.0 Å². The third-order valence-corrected chi connectivity index (χ3v) is 9.47. The number of rotatable bonds is 10. The predicted molar refractivity (Wildman–Crippen MR) is 192 cm³/mol. The zero-order valence-corrected chi connectivity index (χ0v) is 31.3. The zero-order chi connectivity index (χ0) is 42.2. The standard InChI is InChI=1S/C37H31F7N6O6S/c1-36(2,3)56-35(52)49(4)11-12-55-28-14-20(9-10-25(28)48-57(53,54)33-31(40)29(38)23(17-45)30(39)32(33)41)34(51)47-21-8-6-7-19(13-21)22-15-26-27(50(5)18-46-26)16-24(22)37(42,43)44/h6-10,13-16,18,48H,11-12H2,1-5H3,(H,47,51). The minimum atomic E-state index is -5.52. The number of fused-ring (bicyclic) bond motifs is 1. The van der Waals surface area contributed by atoms with Gasteiger partial charge in [-0.25, -0.2) is 35.8 Å². The van der Waals surface area contributed by atoms with Crippen molar-refractivity contribution in [1.29, 1.82) is 5.26 Å². The third kappa shape index (κ3) is 9.04. The smallest absolute Gasteiger partial charge is 0.417 e. The van der Waals surface area contributed by atoms with Gasteiger partial charge in [-0.15, -0.1) is 0 Å². The molecule has 300 valence electrons. The maximum atomic E-state index is 14.8. The maximum absolute atomic E-state index is 14.8. The van der Waals surface area contributed by atoms with Gasteiger partial charge in [0.05, 0.1) is 35.2 Å². The molecule has 0 spiro atoms. The second-order valence-electron chi connectivity index (χ2n) is 13.4. The molecule has 0 atom stereocenters. The largest absolute Gasteiger partial charge is 0.490 e. The first-order valence-electron chi connectivity index (χ1n) is 16.5. The van der Waals surface area contributed by atoms with Crippen LogP contribution in [0.4, 0.5) is 46.9 Å². The highest BCUT2D eigenvalue weighted by Gasteiger charge is 2.36. The molecule has 57 heavy (non-hydrogen) atoms. The number of hydrogen-bond acceptors (Lipinski definition) is 8. The van der Waals surface area contributed by atoms with Crippen molar-refractivity contribution < 1.29 is 58.2 Å². The number of aryl methyl sites for hydroxylation is 1. The highest BCUT2D eigenvalue weighted by Crippen LogP contribution is 2.40. The monoisotopic (exact) mass is 820 g/mol. The molecule has 0 aliphatic rings. The molecular formula is C37H31F7N6O6S. The average molecular weight is 821 g/mol. The Morgan fingerprint density at radius 2 is 1.63 bits per heavy atom. The number of hydrogen-bond donors (Lipinski definition) is 2. The van der Waals surface area contributed by atoms with Crippen LogP contribution in [0.5, 0.6) is 5.75 Å². The van der Waals surface area contributed by atoms with E-state index in [0.29, 0.717) is 0 Å². The van der Waals surface area contributed by atoms with Gasteiger partial charge < -0.3 is 24.3 Å². The number of anilines is 2. The summed E-state index contributed by atoms with van der Waals surface area (Å²) in [6.07, 6.45) is -4.16. The first-order chi connectivity index (χ1) is 26.5. The second-order valence-corrected chi connectivity index (χ2v) is 15.0. The topological polar surface area (TPSA) is 156 Å². The van der Waals surface area contributed by atoms with Gasteiger partial charge in [-0.2, -0.15) is 18.4 Å². The van der Waals surface area contributed by atoms with E-state index in [1.807, 2.05) is 0 Å². The molecule has 0 bridgehead atoms. The van der Waals surface area contributed by atoms with Crippen LogP contribution in [0.25, 0.3) is 22.2 Å². The lowest BCUT2D eigenvalue weighted by molar-refractivity contribution is -0.137. The van der Waals surface area contributed by atoms with E-state index in [4.69, 9.17) is 14.7 Å². The lowest BCUT2D eigenvalue weighted by atomic mass is 9.98. The summed E-state index contributed by atoms with van der Waals surface area (Å²) >= 11 is 0. The quantitative estimate of drug-likeness (QED) is 0.106. The molecule has 5 rings (SSSR count). The Morgan fingerprint density at radius 1 is 0.965 bits per heavy atom. The van der Waals surface area contributed by atoms with E-state index >= 15 is 0 Å². The van der Waals surface area contributed by atoms with Crippen molar-refractivity contribution >= 4 is 44.4 Å². The van der Waals surface area contributed by atoms with Crippen molar-refractivity contribution in [3.05, 3.63) is 101 Å². The number of amides is 2. The van der Waals surface area contributed by atoms with E-state index in [1.54, 1.807) is 32.5 Å². The van der Waals surface area contributed by atoms with Gasteiger partial charge >= 0.3 is 12.3 Å². The number of nitriles is 1. The van der Waals surface area contributed by atoms with Crippen LogP contribution < -0.4 is 14.8 Å².